The maximum absolute atomic E-state index is 6.36. The summed E-state index contributed by atoms with van der Waals surface area (Å²) in [4.78, 5) is 19.3. The Balaban J connectivity index is 1.19. The predicted octanol–water partition coefficient (Wildman–Crippen LogP) is 7.87. The zero-order chi connectivity index (χ0) is 29.2. The second kappa shape index (κ2) is 8.12. The van der Waals surface area contributed by atoms with Crippen LogP contribution in [0.15, 0.2) is 126 Å². The number of fused-ring (bicyclic) bond motifs is 13. The summed E-state index contributed by atoms with van der Waals surface area (Å²) in [5.74, 6) is 1.64. The fraction of sp³-hybridized carbons (Fsp3) is 0. The van der Waals surface area contributed by atoms with Crippen LogP contribution in [0.25, 0.3) is 89.3 Å². The van der Waals surface area contributed by atoms with Gasteiger partial charge in [-0.15, -0.1) is 0 Å². The van der Waals surface area contributed by atoms with Gasteiger partial charge in [0.15, 0.2) is 11.3 Å². The van der Waals surface area contributed by atoms with Crippen LogP contribution in [-0.4, -0.2) is 37.9 Å². The Morgan fingerprint density at radius 3 is 1.42 bits per heavy atom. The first-order valence-corrected chi connectivity index (χ1v) is 14.7. The van der Waals surface area contributed by atoms with Crippen molar-refractivity contribution in [1.29, 1.82) is 0 Å². The van der Waals surface area contributed by atoms with Crippen LogP contribution in [0, 0.1) is 0 Å². The Morgan fingerprint density at radius 2 is 0.933 bits per heavy atom. The van der Waals surface area contributed by atoms with Gasteiger partial charge in [-0.3, -0.25) is 17.9 Å². The number of rotatable bonds is 2. The third-order valence-electron chi connectivity index (χ3n) is 8.88. The van der Waals surface area contributed by atoms with Crippen molar-refractivity contribution in [3.63, 3.8) is 0 Å². The van der Waals surface area contributed by atoms with Gasteiger partial charge in [-0.25, -0.2) is 19.9 Å². The van der Waals surface area contributed by atoms with Crippen molar-refractivity contribution < 1.29 is 4.42 Å². The molecule has 9 heteroatoms. The maximum Gasteiger partial charge on any atom is 0.221 e. The molecule has 0 fully saturated rings. The van der Waals surface area contributed by atoms with Crippen molar-refractivity contribution in [2.45, 2.75) is 0 Å². The van der Waals surface area contributed by atoms with Gasteiger partial charge in [-0.2, -0.15) is 0 Å². The number of hydrogen-bond donors (Lipinski definition) is 0. The molecule has 9 nitrogen and oxygen atoms in total. The molecule has 7 aromatic heterocycles. The van der Waals surface area contributed by atoms with Crippen LogP contribution in [0.1, 0.15) is 0 Å². The standard InChI is InChI=1S/C36H20N8O/c1-3-11-29-27(9-1)41(35-39-25-7-5-17-37-33(25)43(29)35)21-13-15-31-23(19-21)24-20-22(14-16-32(24)45-31)42-28-10-2-4-12-30(28)44-34-26(40-36(42)44)8-6-18-38-34/h1-20H. The number of furan rings is 1. The molecule has 0 amide bonds. The summed E-state index contributed by atoms with van der Waals surface area (Å²) in [5.41, 5.74) is 11.3. The third-order valence-corrected chi connectivity index (χ3v) is 8.88. The summed E-state index contributed by atoms with van der Waals surface area (Å²) >= 11 is 0. The molecule has 0 aliphatic rings. The Labute approximate surface area is 252 Å². The van der Waals surface area contributed by atoms with Crippen LogP contribution in [0.4, 0.5) is 0 Å². The predicted molar refractivity (Wildman–Crippen MR) is 175 cm³/mol. The highest BCUT2D eigenvalue weighted by molar-refractivity contribution is 6.07. The zero-order valence-electron chi connectivity index (χ0n) is 23.5. The first-order valence-electron chi connectivity index (χ1n) is 14.7. The Morgan fingerprint density at radius 1 is 0.467 bits per heavy atom. The maximum atomic E-state index is 6.36. The van der Waals surface area contributed by atoms with Gasteiger partial charge in [-0.1, -0.05) is 24.3 Å². The van der Waals surface area contributed by atoms with Gasteiger partial charge in [-0.05, 0) is 84.9 Å². The van der Waals surface area contributed by atoms with E-state index in [0.717, 1.165) is 89.3 Å². The smallest absolute Gasteiger partial charge is 0.221 e. The fourth-order valence-electron chi connectivity index (χ4n) is 6.99. The van der Waals surface area contributed by atoms with Crippen LogP contribution < -0.4 is 0 Å². The van der Waals surface area contributed by atoms with Crippen molar-refractivity contribution in [3.8, 4) is 11.4 Å². The molecule has 0 saturated heterocycles. The normalized spacial score (nSPS) is 12.4. The lowest BCUT2D eigenvalue weighted by molar-refractivity contribution is 0.669. The second-order valence-corrected chi connectivity index (χ2v) is 11.3. The van der Waals surface area contributed by atoms with Gasteiger partial charge in [0.2, 0.25) is 11.6 Å². The molecule has 11 rings (SSSR count). The van der Waals surface area contributed by atoms with Crippen molar-refractivity contribution in [2.24, 2.45) is 0 Å². The van der Waals surface area contributed by atoms with Crippen LogP contribution >= 0.6 is 0 Å². The number of aromatic nitrogens is 8. The lowest BCUT2D eigenvalue weighted by Gasteiger charge is -2.06. The van der Waals surface area contributed by atoms with Crippen LogP contribution in [0.2, 0.25) is 0 Å². The molecular formula is C36H20N8O. The molecule has 7 heterocycles. The highest BCUT2D eigenvalue weighted by atomic mass is 16.3. The van der Waals surface area contributed by atoms with Gasteiger partial charge in [0.1, 0.15) is 22.2 Å². The van der Waals surface area contributed by atoms with E-state index in [-0.39, 0.29) is 0 Å². The van der Waals surface area contributed by atoms with E-state index in [0.29, 0.717) is 0 Å². The van der Waals surface area contributed by atoms with Crippen molar-refractivity contribution in [3.05, 3.63) is 122 Å². The van der Waals surface area contributed by atoms with Crippen LogP contribution in [0.3, 0.4) is 0 Å². The Kier molecular flexibility index (Phi) is 4.15. The summed E-state index contributed by atoms with van der Waals surface area (Å²) < 4.78 is 15.0. The summed E-state index contributed by atoms with van der Waals surface area (Å²) in [6, 6.07) is 37.2. The largest absolute Gasteiger partial charge is 0.456 e. The average Bonchev–Trinajstić information content (AvgIpc) is 3.87. The van der Waals surface area contributed by atoms with Crippen molar-refractivity contribution >= 4 is 77.9 Å². The van der Waals surface area contributed by atoms with Gasteiger partial charge in [0.05, 0.1) is 33.4 Å². The number of para-hydroxylation sites is 4. The van der Waals surface area contributed by atoms with Crippen molar-refractivity contribution in [2.75, 3.05) is 0 Å². The molecule has 45 heavy (non-hydrogen) atoms. The molecule has 4 aromatic carbocycles. The molecule has 0 aliphatic heterocycles. The minimum atomic E-state index is 0.818. The van der Waals surface area contributed by atoms with E-state index in [4.69, 9.17) is 14.4 Å². The Hall–Kier alpha value is -6.48. The molecule has 0 atom stereocenters. The molecule has 0 radical (unpaired) electrons. The minimum absolute atomic E-state index is 0.818. The lowest BCUT2D eigenvalue weighted by atomic mass is 10.1. The van der Waals surface area contributed by atoms with Gasteiger partial charge < -0.3 is 4.42 Å². The van der Waals surface area contributed by atoms with Crippen molar-refractivity contribution in [1.82, 2.24) is 37.9 Å². The number of benzene rings is 4. The molecule has 0 bridgehead atoms. The molecule has 0 aliphatic carbocycles. The summed E-state index contributed by atoms with van der Waals surface area (Å²) in [6.45, 7) is 0. The summed E-state index contributed by atoms with van der Waals surface area (Å²) in [6.07, 6.45) is 3.63. The molecule has 0 unspecified atom stereocenters. The number of imidazole rings is 4. The molecular weight excluding hydrogens is 560 g/mol. The molecule has 210 valence electrons. The van der Waals surface area contributed by atoms with E-state index in [9.17, 15) is 0 Å². The van der Waals surface area contributed by atoms with E-state index in [2.05, 4.69) is 101 Å². The van der Waals surface area contributed by atoms with Gasteiger partial charge in [0, 0.05) is 23.2 Å². The van der Waals surface area contributed by atoms with E-state index in [1.54, 1.807) is 0 Å². The fourth-order valence-corrected chi connectivity index (χ4v) is 6.99. The Bertz CT molecular complexity index is 2800. The summed E-state index contributed by atoms with van der Waals surface area (Å²) in [7, 11) is 0. The quantitative estimate of drug-likeness (QED) is 0.208. The van der Waals surface area contributed by atoms with Gasteiger partial charge in [0.25, 0.3) is 0 Å². The average molecular weight is 581 g/mol. The topological polar surface area (TPSA) is 83.4 Å². The second-order valence-electron chi connectivity index (χ2n) is 11.3. The molecule has 0 N–H and O–H groups in total. The molecule has 0 spiro atoms. The van der Waals surface area contributed by atoms with E-state index < -0.39 is 0 Å². The van der Waals surface area contributed by atoms with E-state index in [1.165, 1.54) is 0 Å². The zero-order valence-corrected chi connectivity index (χ0v) is 23.5. The summed E-state index contributed by atoms with van der Waals surface area (Å²) in [5, 5.41) is 2.05. The molecule has 0 saturated carbocycles. The number of pyridine rings is 2. The SMILES string of the molecule is c1cnc2c(c1)nc1n(-c3ccc4oc5ccc(-n6c7ccccc7n7c8ncccc8nc67)cc5c4c3)c3ccccc3n21. The van der Waals surface area contributed by atoms with Crippen LogP contribution in [-0.2, 0) is 0 Å². The lowest BCUT2D eigenvalue weighted by Crippen LogP contribution is -1.95. The third kappa shape index (κ3) is 2.91. The molecule has 11 aromatic rings. The first-order chi connectivity index (χ1) is 22.3. The van der Waals surface area contributed by atoms with Gasteiger partial charge >= 0.3 is 0 Å². The minimum Gasteiger partial charge on any atom is -0.456 e. The first kappa shape index (κ1) is 23.0. The monoisotopic (exact) mass is 580 g/mol. The van der Waals surface area contributed by atoms with E-state index in [1.807, 2.05) is 48.8 Å². The van der Waals surface area contributed by atoms with Crippen LogP contribution in [0.5, 0.6) is 0 Å². The highest BCUT2D eigenvalue weighted by Crippen LogP contribution is 2.36. The van der Waals surface area contributed by atoms with E-state index >= 15 is 0 Å². The number of nitrogens with zero attached hydrogens (tertiary/aromatic N) is 8. The number of hydrogen-bond acceptors (Lipinski definition) is 5. The highest BCUT2D eigenvalue weighted by Gasteiger charge is 2.21.